The highest BCUT2D eigenvalue weighted by Gasteiger charge is 2.22. The fourth-order valence-electron chi connectivity index (χ4n) is 3.79. The van der Waals surface area contributed by atoms with Crippen LogP contribution in [0.2, 0.25) is 0 Å². The molecule has 0 spiro atoms. The Morgan fingerprint density at radius 2 is 1.82 bits per heavy atom. The van der Waals surface area contributed by atoms with Crippen LogP contribution in [0.3, 0.4) is 0 Å². The number of nitrogens with zero attached hydrogens (tertiary/aromatic N) is 4. The summed E-state index contributed by atoms with van der Waals surface area (Å²) < 4.78 is 27.3. The van der Waals surface area contributed by atoms with Crippen molar-refractivity contribution in [3.05, 3.63) is 56.9 Å². The number of likely N-dealkylation sites (N-methyl/N-ethyl adjacent to an activating group) is 1. The maximum absolute atomic E-state index is 12.9. The van der Waals surface area contributed by atoms with E-state index in [-0.39, 0.29) is 16.8 Å². The highest BCUT2D eigenvalue weighted by Crippen LogP contribution is 2.31. The zero-order valence-electron chi connectivity index (χ0n) is 18.5. The van der Waals surface area contributed by atoms with Gasteiger partial charge in [0.05, 0.1) is 11.6 Å². The van der Waals surface area contributed by atoms with Crippen LogP contribution in [0.25, 0.3) is 27.2 Å². The predicted octanol–water partition coefficient (Wildman–Crippen LogP) is 2.60. The lowest BCUT2D eigenvalue weighted by Crippen LogP contribution is -2.28. The summed E-state index contributed by atoms with van der Waals surface area (Å²) in [5.74, 6) is 0.563. The van der Waals surface area contributed by atoms with Crippen molar-refractivity contribution in [2.45, 2.75) is 13.8 Å². The molecule has 0 fully saturated rings. The van der Waals surface area contributed by atoms with Gasteiger partial charge in [-0.1, -0.05) is 26.0 Å². The van der Waals surface area contributed by atoms with Crippen molar-refractivity contribution in [1.82, 2.24) is 14.3 Å². The second-order valence-corrected chi connectivity index (χ2v) is 8.87. The Kier molecular flexibility index (Phi) is 7.10. The van der Waals surface area contributed by atoms with Crippen LogP contribution in [-0.2, 0) is 10.1 Å². The third kappa shape index (κ3) is 5.18. The van der Waals surface area contributed by atoms with E-state index in [1.54, 1.807) is 12.3 Å². The van der Waals surface area contributed by atoms with Crippen molar-refractivity contribution in [1.29, 1.82) is 0 Å². The summed E-state index contributed by atoms with van der Waals surface area (Å²) in [4.78, 5) is 30.7. The molecule has 33 heavy (non-hydrogen) atoms. The smallest absolute Gasteiger partial charge is 0.328 e. The van der Waals surface area contributed by atoms with E-state index in [1.165, 1.54) is 16.5 Å². The molecule has 0 saturated carbocycles. The summed E-state index contributed by atoms with van der Waals surface area (Å²) in [5.41, 5.74) is 0.669. The van der Waals surface area contributed by atoms with Gasteiger partial charge in [-0.3, -0.25) is 9.35 Å². The van der Waals surface area contributed by atoms with Crippen molar-refractivity contribution in [3.8, 4) is 0 Å². The molecule has 0 aliphatic heterocycles. The lowest BCUT2D eigenvalue weighted by atomic mass is 10.1. The first-order chi connectivity index (χ1) is 15.6. The maximum atomic E-state index is 12.9. The molecule has 1 aromatic carbocycles. The third-order valence-electron chi connectivity index (χ3n) is 5.27. The molecular weight excluding hydrogens is 450 g/mol. The number of nitro groups is 1. The monoisotopic (exact) mass is 475 g/mol. The van der Waals surface area contributed by atoms with Crippen LogP contribution in [0.15, 0.2) is 41.3 Å². The lowest BCUT2D eigenvalue weighted by molar-refractivity contribution is -0.390. The SMILES string of the molecule is CCN(CC)CCNc1ncc2c(=O)c3ccc([N+](=O)[O-])n3c3cccc1c23.CS(=O)(=O)O. The van der Waals surface area contributed by atoms with Crippen molar-refractivity contribution < 1.29 is 17.9 Å². The number of hydrogen-bond donors (Lipinski definition) is 2. The van der Waals surface area contributed by atoms with E-state index in [0.29, 0.717) is 28.4 Å². The van der Waals surface area contributed by atoms with Crippen LogP contribution in [0.1, 0.15) is 13.8 Å². The summed E-state index contributed by atoms with van der Waals surface area (Å²) in [6.07, 6.45) is 2.28. The quantitative estimate of drug-likeness (QED) is 0.234. The zero-order valence-corrected chi connectivity index (χ0v) is 19.3. The number of benzene rings is 1. The molecule has 0 atom stereocenters. The van der Waals surface area contributed by atoms with Gasteiger partial charge in [0.25, 0.3) is 10.1 Å². The molecule has 3 heterocycles. The van der Waals surface area contributed by atoms with E-state index in [4.69, 9.17) is 4.55 Å². The van der Waals surface area contributed by atoms with E-state index in [2.05, 4.69) is 29.0 Å². The standard InChI is InChI=1S/C20H21N5O3.CH4O3S/c1-3-23(4-2)11-10-21-20-13-6-5-7-15-18(13)14(12-22-20)19(26)16-8-9-17(24(15)16)25(27)28;1-5(2,3)4/h5-9,12H,3-4,10-11H2,1-2H3,(H,21,22);1H3,(H,2,3,4). The molecule has 176 valence electrons. The Morgan fingerprint density at radius 1 is 1.15 bits per heavy atom. The van der Waals surface area contributed by atoms with Gasteiger partial charge in [0, 0.05) is 36.1 Å². The number of fused-ring (bicyclic) bond motifs is 2. The first-order valence-electron chi connectivity index (χ1n) is 10.3. The van der Waals surface area contributed by atoms with E-state index in [1.807, 2.05) is 12.1 Å². The number of rotatable bonds is 7. The number of hydrogen-bond acceptors (Lipinski definition) is 8. The largest absolute Gasteiger partial charge is 0.368 e. The first kappa shape index (κ1) is 24.3. The van der Waals surface area contributed by atoms with Gasteiger partial charge in [0.1, 0.15) is 11.3 Å². The minimum Gasteiger partial charge on any atom is -0.368 e. The van der Waals surface area contributed by atoms with E-state index in [0.717, 1.165) is 31.6 Å². The van der Waals surface area contributed by atoms with E-state index < -0.39 is 15.0 Å². The zero-order chi connectivity index (χ0) is 24.3. The van der Waals surface area contributed by atoms with Crippen molar-refractivity contribution >= 4 is 48.9 Å². The molecule has 0 amide bonds. The molecular formula is C21H25N5O6S. The average Bonchev–Trinajstić information content (AvgIpc) is 3.20. The molecule has 0 aliphatic rings. The van der Waals surface area contributed by atoms with Crippen LogP contribution in [0.4, 0.5) is 11.6 Å². The Hall–Kier alpha value is -3.35. The average molecular weight is 476 g/mol. The topological polar surface area (TPSA) is 147 Å². The molecule has 0 radical (unpaired) electrons. The minimum atomic E-state index is -3.67. The van der Waals surface area contributed by atoms with Gasteiger partial charge in [-0.25, -0.2) is 4.98 Å². The predicted molar refractivity (Wildman–Crippen MR) is 128 cm³/mol. The van der Waals surface area contributed by atoms with Crippen molar-refractivity contribution in [2.75, 3.05) is 37.8 Å². The highest BCUT2D eigenvalue weighted by molar-refractivity contribution is 7.85. The molecule has 2 N–H and O–H groups in total. The first-order valence-corrected chi connectivity index (χ1v) is 12.1. The molecule has 0 aliphatic carbocycles. The third-order valence-corrected chi connectivity index (χ3v) is 5.27. The number of pyridine rings is 2. The Bertz CT molecular complexity index is 1460. The molecule has 4 rings (SSSR count). The number of anilines is 1. The molecule has 11 nitrogen and oxygen atoms in total. The van der Waals surface area contributed by atoms with Crippen LogP contribution < -0.4 is 10.7 Å². The van der Waals surface area contributed by atoms with E-state index in [9.17, 15) is 23.3 Å². The van der Waals surface area contributed by atoms with Gasteiger partial charge >= 0.3 is 5.82 Å². The second-order valence-electron chi connectivity index (χ2n) is 7.41. The van der Waals surface area contributed by atoms with Crippen LogP contribution in [0, 0.1) is 10.1 Å². The maximum Gasteiger partial charge on any atom is 0.328 e. The normalized spacial score (nSPS) is 11.8. The summed E-state index contributed by atoms with van der Waals surface area (Å²) in [6.45, 7) is 7.79. The Balaban J connectivity index is 0.000000555. The fourth-order valence-corrected chi connectivity index (χ4v) is 3.79. The summed E-state index contributed by atoms with van der Waals surface area (Å²) in [7, 11) is -3.67. The summed E-state index contributed by atoms with van der Waals surface area (Å²) in [6, 6.07) is 8.40. The van der Waals surface area contributed by atoms with Crippen molar-refractivity contribution in [3.63, 3.8) is 0 Å². The summed E-state index contributed by atoms with van der Waals surface area (Å²) in [5, 5.41) is 16.8. The second kappa shape index (κ2) is 9.65. The van der Waals surface area contributed by atoms with Gasteiger partial charge in [-0.05, 0) is 30.1 Å². The Labute approximate surface area is 189 Å². The molecule has 0 bridgehead atoms. The van der Waals surface area contributed by atoms with Crippen LogP contribution in [-0.4, -0.2) is 64.6 Å². The van der Waals surface area contributed by atoms with E-state index >= 15 is 0 Å². The molecule has 0 saturated heterocycles. The van der Waals surface area contributed by atoms with Gasteiger partial charge in [-0.15, -0.1) is 0 Å². The van der Waals surface area contributed by atoms with Gasteiger partial charge in [-0.2, -0.15) is 12.8 Å². The molecule has 4 aromatic rings. The van der Waals surface area contributed by atoms with Crippen LogP contribution in [0.5, 0.6) is 0 Å². The van der Waals surface area contributed by atoms with Gasteiger partial charge in [0.2, 0.25) is 5.43 Å². The number of aromatic nitrogens is 2. The fraction of sp³-hybridized carbons (Fsp3) is 0.333. The van der Waals surface area contributed by atoms with Crippen LogP contribution >= 0.6 is 0 Å². The molecule has 12 heteroatoms. The van der Waals surface area contributed by atoms with Gasteiger partial charge < -0.3 is 20.3 Å². The molecule has 3 aromatic heterocycles. The van der Waals surface area contributed by atoms with Gasteiger partial charge in [0.15, 0.2) is 5.52 Å². The Morgan fingerprint density at radius 3 is 2.42 bits per heavy atom. The minimum absolute atomic E-state index is 0.116. The van der Waals surface area contributed by atoms with Crippen molar-refractivity contribution in [2.24, 2.45) is 0 Å². The lowest BCUT2D eigenvalue weighted by Gasteiger charge is -2.18. The molecule has 0 unspecified atom stereocenters. The highest BCUT2D eigenvalue weighted by atomic mass is 32.2. The number of nitrogens with one attached hydrogen (secondary N) is 1. The summed E-state index contributed by atoms with van der Waals surface area (Å²) >= 11 is 0.